The van der Waals surface area contributed by atoms with Crippen molar-refractivity contribution in [2.75, 3.05) is 26.2 Å². The van der Waals surface area contributed by atoms with Gasteiger partial charge in [0.15, 0.2) is 0 Å². The lowest BCUT2D eigenvalue weighted by Gasteiger charge is -2.35. The standard InChI is InChI=1S/C18H25FN2/c1-12-4-6-21(7-5-12)17-3-2-13-8-14(15-10-20-11-15)9-16(19)18(13)17/h8-9,12,15,17,20H,2-7,10-11H2,1H3. The smallest absolute Gasteiger partial charge is 0.128 e. The Morgan fingerprint density at radius 3 is 2.57 bits per heavy atom. The van der Waals surface area contributed by atoms with Crippen LogP contribution in [0, 0.1) is 11.7 Å². The van der Waals surface area contributed by atoms with E-state index < -0.39 is 0 Å². The van der Waals surface area contributed by atoms with Crippen LogP contribution in [0.3, 0.4) is 0 Å². The van der Waals surface area contributed by atoms with Crippen molar-refractivity contribution in [3.63, 3.8) is 0 Å². The Labute approximate surface area is 126 Å². The fourth-order valence-electron chi connectivity index (χ4n) is 4.18. The van der Waals surface area contributed by atoms with Crippen molar-refractivity contribution >= 4 is 0 Å². The number of rotatable bonds is 2. The topological polar surface area (TPSA) is 15.3 Å². The van der Waals surface area contributed by atoms with Crippen LogP contribution >= 0.6 is 0 Å². The minimum Gasteiger partial charge on any atom is -0.315 e. The molecule has 1 N–H and O–H groups in total. The lowest BCUT2D eigenvalue weighted by molar-refractivity contribution is 0.135. The monoisotopic (exact) mass is 288 g/mol. The van der Waals surface area contributed by atoms with Gasteiger partial charge in [-0.2, -0.15) is 0 Å². The lowest BCUT2D eigenvalue weighted by Crippen LogP contribution is -2.40. The van der Waals surface area contributed by atoms with Crippen LogP contribution in [-0.2, 0) is 6.42 Å². The number of aryl methyl sites for hydroxylation is 1. The number of likely N-dealkylation sites (tertiary alicyclic amines) is 1. The Hall–Kier alpha value is -0.930. The van der Waals surface area contributed by atoms with E-state index in [9.17, 15) is 4.39 Å². The van der Waals surface area contributed by atoms with E-state index in [1.165, 1.54) is 24.0 Å². The van der Waals surface area contributed by atoms with Crippen LogP contribution in [0.1, 0.15) is 54.8 Å². The number of fused-ring (bicyclic) bond motifs is 1. The highest BCUT2D eigenvalue weighted by molar-refractivity contribution is 5.41. The summed E-state index contributed by atoms with van der Waals surface area (Å²) in [7, 11) is 0. The number of halogens is 1. The van der Waals surface area contributed by atoms with Gasteiger partial charge in [-0.3, -0.25) is 4.90 Å². The summed E-state index contributed by atoms with van der Waals surface area (Å²) in [6.07, 6.45) is 4.68. The van der Waals surface area contributed by atoms with E-state index in [-0.39, 0.29) is 5.82 Å². The fourth-order valence-corrected chi connectivity index (χ4v) is 4.18. The molecule has 2 saturated heterocycles. The Morgan fingerprint density at radius 2 is 1.90 bits per heavy atom. The van der Waals surface area contributed by atoms with Crippen LogP contribution in [0.25, 0.3) is 0 Å². The molecular formula is C18H25FN2. The summed E-state index contributed by atoms with van der Waals surface area (Å²) in [4.78, 5) is 2.53. The number of piperidine rings is 1. The molecule has 2 fully saturated rings. The van der Waals surface area contributed by atoms with E-state index in [2.05, 4.69) is 23.2 Å². The zero-order chi connectivity index (χ0) is 14.4. The zero-order valence-corrected chi connectivity index (χ0v) is 12.9. The van der Waals surface area contributed by atoms with Gasteiger partial charge in [-0.05, 0) is 61.9 Å². The quantitative estimate of drug-likeness (QED) is 0.899. The molecule has 1 unspecified atom stereocenters. The maximum Gasteiger partial charge on any atom is 0.128 e. The van der Waals surface area contributed by atoms with Crippen molar-refractivity contribution in [1.82, 2.24) is 10.2 Å². The van der Waals surface area contributed by atoms with Crippen LogP contribution in [0.5, 0.6) is 0 Å². The van der Waals surface area contributed by atoms with Crippen LogP contribution in [0.2, 0.25) is 0 Å². The molecule has 0 spiro atoms. The van der Waals surface area contributed by atoms with E-state index >= 15 is 0 Å². The number of hydrogen-bond acceptors (Lipinski definition) is 2. The third-order valence-corrected chi connectivity index (χ3v) is 5.77. The van der Waals surface area contributed by atoms with Gasteiger partial charge < -0.3 is 5.32 Å². The molecule has 0 aromatic heterocycles. The average Bonchev–Trinajstić information content (AvgIpc) is 2.82. The molecule has 114 valence electrons. The lowest BCUT2D eigenvalue weighted by atomic mass is 9.90. The molecule has 0 amide bonds. The molecule has 2 aliphatic heterocycles. The predicted molar refractivity (Wildman–Crippen MR) is 83.0 cm³/mol. The largest absolute Gasteiger partial charge is 0.315 e. The van der Waals surface area contributed by atoms with Crippen LogP contribution in [0.15, 0.2) is 12.1 Å². The summed E-state index contributed by atoms with van der Waals surface area (Å²) in [6, 6.07) is 4.44. The summed E-state index contributed by atoms with van der Waals surface area (Å²) >= 11 is 0. The second kappa shape index (κ2) is 5.36. The highest BCUT2D eigenvalue weighted by Gasteiger charge is 2.33. The van der Waals surface area contributed by atoms with Gasteiger partial charge in [-0.15, -0.1) is 0 Å². The molecular weight excluding hydrogens is 263 g/mol. The predicted octanol–water partition coefficient (Wildman–Crippen LogP) is 3.23. The van der Waals surface area contributed by atoms with Gasteiger partial charge in [0.2, 0.25) is 0 Å². The number of benzene rings is 1. The average molecular weight is 288 g/mol. The highest BCUT2D eigenvalue weighted by Crippen LogP contribution is 2.40. The first-order chi connectivity index (χ1) is 10.2. The molecule has 1 aromatic rings. The van der Waals surface area contributed by atoms with E-state index in [1.54, 1.807) is 0 Å². The van der Waals surface area contributed by atoms with Crippen molar-refractivity contribution in [3.8, 4) is 0 Å². The first-order valence-electron chi connectivity index (χ1n) is 8.49. The van der Waals surface area contributed by atoms with Gasteiger partial charge in [-0.25, -0.2) is 4.39 Å². The summed E-state index contributed by atoms with van der Waals surface area (Å²) in [5.41, 5.74) is 3.50. The van der Waals surface area contributed by atoms with Crippen molar-refractivity contribution in [2.45, 2.75) is 44.6 Å². The van der Waals surface area contributed by atoms with Gasteiger partial charge in [0, 0.05) is 30.6 Å². The molecule has 3 aliphatic rings. The summed E-state index contributed by atoms with van der Waals surface area (Å²) in [6.45, 7) is 6.62. The maximum atomic E-state index is 14.7. The molecule has 0 bridgehead atoms. The van der Waals surface area contributed by atoms with E-state index in [4.69, 9.17) is 0 Å². The molecule has 3 heteroatoms. The van der Waals surface area contributed by atoms with Gasteiger partial charge in [0.1, 0.15) is 5.82 Å². The zero-order valence-electron chi connectivity index (χ0n) is 12.9. The highest BCUT2D eigenvalue weighted by atomic mass is 19.1. The molecule has 2 heterocycles. The third-order valence-electron chi connectivity index (χ3n) is 5.77. The first-order valence-corrected chi connectivity index (χ1v) is 8.49. The van der Waals surface area contributed by atoms with Crippen LogP contribution < -0.4 is 5.32 Å². The number of nitrogens with one attached hydrogen (secondary N) is 1. The third kappa shape index (κ3) is 2.40. The van der Waals surface area contributed by atoms with E-state index in [1.807, 2.05) is 6.07 Å². The second-order valence-electron chi connectivity index (χ2n) is 7.20. The van der Waals surface area contributed by atoms with Crippen LogP contribution in [-0.4, -0.2) is 31.1 Å². The first kappa shape index (κ1) is 13.7. The van der Waals surface area contributed by atoms with Gasteiger partial charge in [-0.1, -0.05) is 13.0 Å². The molecule has 4 rings (SSSR count). The molecule has 21 heavy (non-hydrogen) atoms. The second-order valence-corrected chi connectivity index (χ2v) is 7.20. The SMILES string of the molecule is CC1CCN(C2CCc3cc(C4CNC4)cc(F)c32)CC1. The number of nitrogens with zero attached hydrogens (tertiary/aromatic N) is 1. The molecule has 0 saturated carbocycles. The fraction of sp³-hybridized carbons (Fsp3) is 0.667. The summed E-state index contributed by atoms with van der Waals surface area (Å²) in [5.74, 6) is 1.41. The summed E-state index contributed by atoms with van der Waals surface area (Å²) < 4.78 is 14.7. The normalized spacial score (nSPS) is 27.6. The Morgan fingerprint density at radius 1 is 1.14 bits per heavy atom. The molecule has 1 aromatic carbocycles. The number of hydrogen-bond donors (Lipinski definition) is 1. The maximum absolute atomic E-state index is 14.7. The van der Waals surface area contributed by atoms with Crippen LogP contribution in [0.4, 0.5) is 4.39 Å². The van der Waals surface area contributed by atoms with Gasteiger partial charge in [0.05, 0.1) is 0 Å². The van der Waals surface area contributed by atoms with Crippen molar-refractivity contribution in [1.29, 1.82) is 0 Å². The van der Waals surface area contributed by atoms with Gasteiger partial charge >= 0.3 is 0 Å². The van der Waals surface area contributed by atoms with E-state index in [0.717, 1.165) is 50.5 Å². The molecule has 1 aliphatic carbocycles. The minimum absolute atomic E-state index is 0.0514. The summed E-state index contributed by atoms with van der Waals surface area (Å²) in [5, 5.41) is 3.28. The van der Waals surface area contributed by atoms with Crippen molar-refractivity contribution in [2.24, 2.45) is 5.92 Å². The van der Waals surface area contributed by atoms with Crippen molar-refractivity contribution < 1.29 is 4.39 Å². The Balaban J connectivity index is 1.59. The Kier molecular flexibility index (Phi) is 3.50. The van der Waals surface area contributed by atoms with Crippen molar-refractivity contribution in [3.05, 3.63) is 34.6 Å². The molecule has 2 nitrogen and oxygen atoms in total. The Bertz CT molecular complexity index is 530. The minimum atomic E-state index is 0.0514. The van der Waals surface area contributed by atoms with E-state index in [0.29, 0.717) is 12.0 Å². The molecule has 0 radical (unpaired) electrons. The molecule has 1 atom stereocenters. The van der Waals surface area contributed by atoms with Gasteiger partial charge in [0.25, 0.3) is 0 Å².